The van der Waals surface area contributed by atoms with E-state index in [1.165, 1.54) is 18.8 Å². The lowest BCUT2D eigenvalue weighted by Crippen LogP contribution is -2.20. The van der Waals surface area contributed by atoms with Gasteiger partial charge in [-0.05, 0) is 25.5 Å². The molecule has 3 aromatic rings. The van der Waals surface area contributed by atoms with E-state index in [0.717, 1.165) is 11.1 Å². The van der Waals surface area contributed by atoms with Crippen molar-refractivity contribution in [3.05, 3.63) is 52.3 Å². The van der Waals surface area contributed by atoms with Crippen molar-refractivity contribution < 1.29 is 23.1 Å². The summed E-state index contributed by atoms with van der Waals surface area (Å²) in [5.74, 6) is 1.48. The van der Waals surface area contributed by atoms with Crippen molar-refractivity contribution in [1.82, 2.24) is 9.55 Å². The lowest BCUT2D eigenvalue weighted by atomic mass is 10.1. The van der Waals surface area contributed by atoms with E-state index in [1.807, 2.05) is 24.3 Å². The van der Waals surface area contributed by atoms with Gasteiger partial charge in [-0.2, -0.15) is 0 Å². The van der Waals surface area contributed by atoms with E-state index in [-0.39, 0.29) is 11.7 Å². The highest BCUT2D eigenvalue weighted by Gasteiger charge is 2.24. The Morgan fingerprint density at radius 1 is 0.968 bits per heavy atom. The smallest absolute Gasteiger partial charge is 0.335 e. The molecule has 2 aromatic carbocycles. The van der Waals surface area contributed by atoms with Gasteiger partial charge in [0.05, 0.1) is 44.5 Å². The zero-order chi connectivity index (χ0) is 22.6. The SMILES string of the molecule is CCOP(=O)(Cc1ccc(-c2nc3cc(OC)c(OC)cc3c(=O)n2C)cc1)OCC. The Balaban J connectivity index is 2.01. The molecule has 1 aromatic heterocycles. The van der Waals surface area contributed by atoms with Crippen LogP contribution in [-0.4, -0.2) is 37.0 Å². The molecule has 8 nitrogen and oxygen atoms in total. The Morgan fingerprint density at radius 2 is 1.55 bits per heavy atom. The van der Waals surface area contributed by atoms with Crippen LogP contribution in [0.2, 0.25) is 0 Å². The first-order chi connectivity index (χ1) is 14.9. The fourth-order valence-corrected chi connectivity index (χ4v) is 5.06. The van der Waals surface area contributed by atoms with Gasteiger partial charge >= 0.3 is 7.60 Å². The van der Waals surface area contributed by atoms with Crippen molar-refractivity contribution in [2.24, 2.45) is 7.05 Å². The van der Waals surface area contributed by atoms with Crippen LogP contribution in [0.3, 0.4) is 0 Å². The number of fused-ring (bicyclic) bond motifs is 1. The summed E-state index contributed by atoms with van der Waals surface area (Å²) in [6.07, 6.45) is 0.177. The monoisotopic (exact) mass is 446 g/mol. The molecule has 0 saturated carbocycles. The third kappa shape index (κ3) is 4.82. The number of methoxy groups -OCH3 is 2. The molecule has 0 aliphatic rings. The molecule has 0 atom stereocenters. The molecule has 0 bridgehead atoms. The van der Waals surface area contributed by atoms with Gasteiger partial charge in [-0.1, -0.05) is 24.3 Å². The molecule has 31 heavy (non-hydrogen) atoms. The summed E-state index contributed by atoms with van der Waals surface area (Å²) in [6, 6.07) is 10.7. The minimum Gasteiger partial charge on any atom is -0.493 e. The van der Waals surface area contributed by atoms with E-state index in [4.69, 9.17) is 18.5 Å². The third-order valence-electron chi connectivity index (χ3n) is 4.82. The van der Waals surface area contributed by atoms with Crippen molar-refractivity contribution in [2.75, 3.05) is 27.4 Å². The number of aromatic nitrogens is 2. The Labute approximate surface area is 181 Å². The molecule has 0 fully saturated rings. The molecule has 1 heterocycles. The second kappa shape index (κ2) is 9.64. The van der Waals surface area contributed by atoms with Crippen molar-refractivity contribution in [3.8, 4) is 22.9 Å². The quantitative estimate of drug-likeness (QED) is 0.451. The van der Waals surface area contributed by atoms with E-state index in [2.05, 4.69) is 4.98 Å². The van der Waals surface area contributed by atoms with Crippen LogP contribution >= 0.6 is 7.60 Å². The number of rotatable bonds is 9. The van der Waals surface area contributed by atoms with Gasteiger partial charge in [0.2, 0.25) is 0 Å². The molecule has 9 heteroatoms. The molecule has 0 aliphatic carbocycles. The number of benzene rings is 2. The second-order valence-electron chi connectivity index (χ2n) is 6.83. The zero-order valence-corrected chi connectivity index (χ0v) is 19.3. The maximum absolute atomic E-state index is 12.9. The lowest BCUT2D eigenvalue weighted by Gasteiger charge is -2.17. The summed E-state index contributed by atoms with van der Waals surface area (Å²) >= 11 is 0. The maximum atomic E-state index is 12.9. The van der Waals surface area contributed by atoms with Crippen molar-refractivity contribution in [1.29, 1.82) is 0 Å². The summed E-state index contributed by atoms with van der Waals surface area (Å²) < 4.78 is 35.6. The van der Waals surface area contributed by atoms with E-state index < -0.39 is 7.60 Å². The zero-order valence-electron chi connectivity index (χ0n) is 18.4. The van der Waals surface area contributed by atoms with Crippen LogP contribution in [-0.2, 0) is 26.8 Å². The predicted octanol–water partition coefficient (Wildman–Crippen LogP) is 4.38. The molecule has 0 N–H and O–H groups in total. The first kappa shape index (κ1) is 23.0. The van der Waals surface area contributed by atoms with Gasteiger partial charge in [0.15, 0.2) is 11.5 Å². The highest BCUT2D eigenvalue weighted by molar-refractivity contribution is 7.53. The fourth-order valence-electron chi connectivity index (χ4n) is 3.36. The summed E-state index contributed by atoms with van der Waals surface area (Å²) in [4.78, 5) is 17.6. The highest BCUT2D eigenvalue weighted by atomic mass is 31.2. The van der Waals surface area contributed by atoms with Crippen LogP contribution in [0.1, 0.15) is 19.4 Å². The summed E-state index contributed by atoms with van der Waals surface area (Å²) in [6.45, 7) is 4.19. The molecule has 0 amide bonds. The standard InChI is InChI=1S/C22H27N2O6P/c1-6-29-31(26,30-7-2)14-15-8-10-16(11-9-15)21-23-18-13-20(28-5)19(27-4)12-17(18)22(25)24(21)3/h8-13H,6-7,14H2,1-5H3. The summed E-state index contributed by atoms with van der Waals surface area (Å²) in [5.41, 5.74) is 1.88. The van der Waals surface area contributed by atoms with Gasteiger partial charge in [-0.25, -0.2) is 4.98 Å². The van der Waals surface area contributed by atoms with Crippen LogP contribution in [0.25, 0.3) is 22.3 Å². The highest BCUT2D eigenvalue weighted by Crippen LogP contribution is 2.51. The van der Waals surface area contributed by atoms with Crippen LogP contribution in [0.4, 0.5) is 0 Å². The third-order valence-corrected chi connectivity index (χ3v) is 6.88. The first-order valence-electron chi connectivity index (χ1n) is 9.96. The van der Waals surface area contributed by atoms with Crippen molar-refractivity contribution in [3.63, 3.8) is 0 Å². The molecule has 3 rings (SSSR count). The fraction of sp³-hybridized carbons (Fsp3) is 0.364. The average Bonchev–Trinajstić information content (AvgIpc) is 2.76. The van der Waals surface area contributed by atoms with E-state index in [0.29, 0.717) is 41.4 Å². The van der Waals surface area contributed by atoms with Crippen molar-refractivity contribution >= 4 is 18.5 Å². The van der Waals surface area contributed by atoms with Crippen LogP contribution < -0.4 is 15.0 Å². The van der Waals surface area contributed by atoms with E-state index in [1.54, 1.807) is 33.0 Å². The first-order valence-corrected chi connectivity index (χ1v) is 11.7. The largest absolute Gasteiger partial charge is 0.493 e. The Kier molecular flexibility index (Phi) is 7.15. The maximum Gasteiger partial charge on any atom is 0.335 e. The summed E-state index contributed by atoms with van der Waals surface area (Å²) in [5, 5.41) is 0.440. The van der Waals surface area contributed by atoms with Gasteiger partial charge < -0.3 is 18.5 Å². The van der Waals surface area contributed by atoms with Gasteiger partial charge in [0, 0.05) is 18.7 Å². The Hall–Kier alpha value is -2.67. The van der Waals surface area contributed by atoms with Crippen LogP contribution in [0, 0.1) is 0 Å². The van der Waals surface area contributed by atoms with Crippen LogP contribution in [0.15, 0.2) is 41.2 Å². The molecule has 0 unspecified atom stereocenters. The van der Waals surface area contributed by atoms with Crippen molar-refractivity contribution in [2.45, 2.75) is 20.0 Å². The normalized spacial score (nSPS) is 11.6. The van der Waals surface area contributed by atoms with Gasteiger partial charge in [-0.3, -0.25) is 13.9 Å². The number of hydrogen-bond acceptors (Lipinski definition) is 7. The van der Waals surface area contributed by atoms with Gasteiger partial charge in [0.1, 0.15) is 5.82 Å². The molecule has 0 aliphatic heterocycles. The second-order valence-corrected chi connectivity index (χ2v) is 8.88. The number of hydrogen-bond donors (Lipinski definition) is 0. The topological polar surface area (TPSA) is 88.9 Å². The molecular weight excluding hydrogens is 419 g/mol. The van der Waals surface area contributed by atoms with E-state index in [9.17, 15) is 9.36 Å². The predicted molar refractivity (Wildman–Crippen MR) is 120 cm³/mol. The van der Waals surface area contributed by atoms with E-state index >= 15 is 0 Å². The summed E-state index contributed by atoms with van der Waals surface area (Å²) in [7, 11) is 1.54. The molecule has 0 spiro atoms. The number of nitrogens with zero attached hydrogens (tertiary/aromatic N) is 2. The minimum absolute atomic E-state index is 0.177. The molecule has 166 valence electrons. The number of ether oxygens (including phenoxy) is 2. The molecular formula is C22H27N2O6P. The Morgan fingerprint density at radius 3 is 2.10 bits per heavy atom. The molecule has 0 saturated heterocycles. The van der Waals surface area contributed by atoms with Gasteiger partial charge in [0.25, 0.3) is 5.56 Å². The minimum atomic E-state index is -3.19. The van der Waals surface area contributed by atoms with Gasteiger partial charge in [-0.15, -0.1) is 0 Å². The average molecular weight is 446 g/mol. The van der Waals surface area contributed by atoms with Crippen LogP contribution in [0.5, 0.6) is 11.5 Å². The molecule has 0 radical (unpaired) electrons. The lowest BCUT2D eigenvalue weighted by molar-refractivity contribution is 0.219. The Bertz CT molecular complexity index is 1160.